The molecule has 98 valence electrons. The molecule has 2 heterocycles. The van der Waals surface area contributed by atoms with Crippen LogP contribution >= 0.6 is 0 Å². The van der Waals surface area contributed by atoms with Crippen molar-refractivity contribution < 1.29 is 4.79 Å². The van der Waals surface area contributed by atoms with Crippen molar-refractivity contribution in [1.29, 1.82) is 0 Å². The van der Waals surface area contributed by atoms with Crippen LogP contribution in [0.5, 0.6) is 0 Å². The normalized spacial score (nSPS) is 16.6. The van der Waals surface area contributed by atoms with Crippen LogP contribution in [0.25, 0.3) is 0 Å². The van der Waals surface area contributed by atoms with Crippen molar-refractivity contribution >= 4 is 11.9 Å². The molecule has 1 aromatic rings. The monoisotopic (exact) mass is 250 g/mol. The molecule has 2 N–H and O–H groups in total. The minimum absolute atomic E-state index is 0.0954. The molecule has 7 heteroatoms. The summed E-state index contributed by atoms with van der Waals surface area (Å²) in [6.07, 6.45) is 0. The molecular weight excluding hydrogens is 232 g/mol. The van der Waals surface area contributed by atoms with E-state index in [1.807, 2.05) is 13.8 Å². The van der Waals surface area contributed by atoms with Crippen molar-refractivity contribution in [3.63, 3.8) is 0 Å². The van der Waals surface area contributed by atoms with E-state index in [-0.39, 0.29) is 11.9 Å². The summed E-state index contributed by atoms with van der Waals surface area (Å²) >= 11 is 0. The Morgan fingerprint density at radius 3 is 2.67 bits per heavy atom. The Bertz CT molecular complexity index is 430. The molecule has 0 radical (unpaired) electrons. The highest BCUT2D eigenvalue weighted by Gasteiger charge is 2.14. The van der Waals surface area contributed by atoms with Gasteiger partial charge in [-0.05, 0) is 13.8 Å². The number of piperazine rings is 1. The van der Waals surface area contributed by atoms with E-state index < -0.39 is 0 Å². The number of hydrogen-bond donors (Lipinski definition) is 2. The summed E-state index contributed by atoms with van der Waals surface area (Å²) in [4.78, 5) is 18.1. The van der Waals surface area contributed by atoms with Gasteiger partial charge in [-0.15, -0.1) is 5.10 Å². The molecular formula is C11H18N6O. The number of nitrogens with zero attached hydrogens (tertiary/aromatic N) is 4. The predicted molar refractivity (Wildman–Crippen MR) is 67.2 cm³/mol. The number of rotatable bonds is 3. The van der Waals surface area contributed by atoms with Crippen LogP contribution in [-0.4, -0.2) is 58.7 Å². The van der Waals surface area contributed by atoms with Crippen molar-refractivity contribution in [1.82, 2.24) is 25.4 Å². The second-order valence-corrected chi connectivity index (χ2v) is 4.38. The number of anilines is 1. The second kappa shape index (κ2) is 5.83. The van der Waals surface area contributed by atoms with Crippen LogP contribution in [0.1, 0.15) is 11.4 Å². The largest absolute Gasteiger partial charge is 0.314 e. The number of carbonyl (C=O) groups excluding carboxylic acids is 1. The topological polar surface area (TPSA) is 83.0 Å². The summed E-state index contributed by atoms with van der Waals surface area (Å²) in [6, 6.07) is 0. The first-order valence-electron chi connectivity index (χ1n) is 6.06. The number of amides is 1. The molecule has 0 aromatic carbocycles. The zero-order valence-electron chi connectivity index (χ0n) is 10.7. The van der Waals surface area contributed by atoms with Crippen LogP contribution < -0.4 is 10.6 Å². The third-order valence-electron chi connectivity index (χ3n) is 2.92. The second-order valence-electron chi connectivity index (χ2n) is 4.38. The fraction of sp³-hybridized carbons (Fsp3) is 0.636. The minimum atomic E-state index is -0.0954. The van der Waals surface area contributed by atoms with Crippen LogP contribution in [0.15, 0.2) is 0 Å². The Morgan fingerprint density at radius 1 is 1.28 bits per heavy atom. The number of aryl methyl sites for hydroxylation is 2. The van der Waals surface area contributed by atoms with E-state index in [1.54, 1.807) is 0 Å². The summed E-state index contributed by atoms with van der Waals surface area (Å²) < 4.78 is 0. The fourth-order valence-electron chi connectivity index (χ4n) is 1.75. The third kappa shape index (κ3) is 3.44. The van der Waals surface area contributed by atoms with E-state index in [0.29, 0.717) is 6.54 Å². The van der Waals surface area contributed by atoms with Gasteiger partial charge in [0.1, 0.15) is 0 Å². The van der Waals surface area contributed by atoms with Crippen molar-refractivity contribution in [2.45, 2.75) is 13.8 Å². The molecule has 1 aliphatic heterocycles. The van der Waals surface area contributed by atoms with Gasteiger partial charge in [0.05, 0.1) is 17.9 Å². The van der Waals surface area contributed by atoms with Gasteiger partial charge in [-0.1, -0.05) is 0 Å². The van der Waals surface area contributed by atoms with Gasteiger partial charge in [0.25, 0.3) is 0 Å². The molecule has 1 amide bonds. The van der Waals surface area contributed by atoms with Gasteiger partial charge in [-0.25, -0.2) is 4.98 Å². The van der Waals surface area contributed by atoms with Crippen LogP contribution in [0.4, 0.5) is 5.95 Å². The van der Waals surface area contributed by atoms with Crippen LogP contribution in [-0.2, 0) is 4.79 Å². The van der Waals surface area contributed by atoms with Crippen molar-refractivity contribution in [3.8, 4) is 0 Å². The summed E-state index contributed by atoms with van der Waals surface area (Å²) in [5, 5.41) is 13.7. The molecule has 2 rings (SSSR count). The highest BCUT2D eigenvalue weighted by atomic mass is 16.2. The summed E-state index contributed by atoms with van der Waals surface area (Å²) in [5.41, 5.74) is 1.55. The van der Waals surface area contributed by atoms with E-state index in [2.05, 4.69) is 30.7 Å². The van der Waals surface area contributed by atoms with Crippen molar-refractivity contribution in [2.75, 3.05) is 38.0 Å². The molecule has 0 unspecified atom stereocenters. The Hall–Kier alpha value is -1.60. The maximum Gasteiger partial charge on any atom is 0.249 e. The van der Waals surface area contributed by atoms with E-state index in [0.717, 1.165) is 37.6 Å². The first kappa shape index (κ1) is 12.8. The quantitative estimate of drug-likeness (QED) is 0.740. The molecule has 0 saturated carbocycles. The Balaban J connectivity index is 1.88. The third-order valence-corrected chi connectivity index (χ3v) is 2.92. The zero-order chi connectivity index (χ0) is 13.0. The SMILES string of the molecule is Cc1nnc(NC(=O)CN2CCNCC2)nc1C. The Morgan fingerprint density at radius 2 is 2.00 bits per heavy atom. The van der Waals surface area contributed by atoms with Crippen molar-refractivity contribution in [3.05, 3.63) is 11.4 Å². The number of aromatic nitrogens is 3. The average molecular weight is 250 g/mol. The van der Waals surface area contributed by atoms with Gasteiger partial charge < -0.3 is 5.32 Å². The Kier molecular flexibility index (Phi) is 4.16. The molecule has 1 aromatic heterocycles. The lowest BCUT2D eigenvalue weighted by Gasteiger charge is -2.26. The van der Waals surface area contributed by atoms with Gasteiger partial charge in [-0.2, -0.15) is 5.10 Å². The zero-order valence-corrected chi connectivity index (χ0v) is 10.7. The van der Waals surface area contributed by atoms with Crippen LogP contribution in [0.3, 0.4) is 0 Å². The summed E-state index contributed by atoms with van der Waals surface area (Å²) in [5.74, 6) is 0.181. The number of hydrogen-bond acceptors (Lipinski definition) is 6. The lowest BCUT2D eigenvalue weighted by molar-refractivity contribution is -0.117. The molecule has 0 spiro atoms. The molecule has 18 heavy (non-hydrogen) atoms. The molecule has 1 saturated heterocycles. The fourth-order valence-corrected chi connectivity index (χ4v) is 1.75. The first-order chi connectivity index (χ1) is 8.65. The minimum Gasteiger partial charge on any atom is -0.314 e. The number of nitrogens with one attached hydrogen (secondary N) is 2. The van der Waals surface area contributed by atoms with E-state index in [9.17, 15) is 4.79 Å². The smallest absolute Gasteiger partial charge is 0.249 e. The molecule has 7 nitrogen and oxygen atoms in total. The predicted octanol–water partition coefficient (Wildman–Crippen LogP) is -0.668. The molecule has 1 fully saturated rings. The highest BCUT2D eigenvalue weighted by molar-refractivity contribution is 5.90. The first-order valence-corrected chi connectivity index (χ1v) is 6.06. The van der Waals surface area contributed by atoms with Gasteiger partial charge >= 0.3 is 0 Å². The van der Waals surface area contributed by atoms with Crippen molar-refractivity contribution in [2.24, 2.45) is 0 Å². The maximum atomic E-state index is 11.8. The van der Waals surface area contributed by atoms with Crippen LogP contribution in [0.2, 0.25) is 0 Å². The molecule has 0 aliphatic carbocycles. The maximum absolute atomic E-state index is 11.8. The van der Waals surface area contributed by atoms with Gasteiger partial charge in [0.15, 0.2) is 0 Å². The molecule has 0 atom stereocenters. The molecule has 0 bridgehead atoms. The summed E-state index contributed by atoms with van der Waals surface area (Å²) in [7, 11) is 0. The lowest BCUT2D eigenvalue weighted by atomic mass is 10.3. The summed E-state index contributed by atoms with van der Waals surface area (Å²) in [6.45, 7) is 7.68. The average Bonchev–Trinajstić information content (AvgIpc) is 2.35. The van der Waals surface area contributed by atoms with Gasteiger partial charge in [-0.3, -0.25) is 15.0 Å². The van der Waals surface area contributed by atoms with E-state index >= 15 is 0 Å². The molecule has 1 aliphatic rings. The van der Waals surface area contributed by atoms with Crippen LogP contribution in [0, 0.1) is 13.8 Å². The highest BCUT2D eigenvalue weighted by Crippen LogP contribution is 2.02. The van der Waals surface area contributed by atoms with Gasteiger partial charge in [0, 0.05) is 26.2 Å². The Labute approximate surface area is 106 Å². The number of carbonyl (C=O) groups is 1. The standard InChI is InChI=1S/C11H18N6O/c1-8-9(2)15-16-11(13-8)14-10(18)7-17-5-3-12-4-6-17/h12H,3-7H2,1-2H3,(H,13,14,16,18). The van der Waals surface area contributed by atoms with Gasteiger partial charge in [0.2, 0.25) is 11.9 Å². The van der Waals surface area contributed by atoms with E-state index in [1.165, 1.54) is 0 Å². The lowest BCUT2D eigenvalue weighted by Crippen LogP contribution is -2.46. The van der Waals surface area contributed by atoms with E-state index in [4.69, 9.17) is 0 Å².